The molecule has 0 saturated heterocycles. The van der Waals surface area contributed by atoms with Gasteiger partial charge in [-0.3, -0.25) is 8.37 Å². The molecule has 1 aromatic carbocycles. The Balaban J connectivity index is 0.000000592. The van der Waals surface area contributed by atoms with Gasteiger partial charge in [0, 0.05) is 6.42 Å². The Bertz CT molecular complexity index is 745. The summed E-state index contributed by atoms with van der Waals surface area (Å²) in [4.78, 5) is 4.54. The number of hydrogen-bond acceptors (Lipinski definition) is 6. The van der Waals surface area contributed by atoms with E-state index in [2.05, 4.69) is 20.3 Å². The van der Waals surface area contributed by atoms with E-state index in [9.17, 15) is 8.42 Å². The number of benzene rings is 1. The predicted molar refractivity (Wildman–Crippen MR) is 126 cm³/mol. The van der Waals surface area contributed by atoms with Crippen LogP contribution in [0.15, 0.2) is 28.7 Å². The lowest BCUT2D eigenvalue weighted by atomic mass is 10.0. The van der Waals surface area contributed by atoms with Crippen LogP contribution in [-0.2, 0) is 25.2 Å². The van der Waals surface area contributed by atoms with E-state index in [1.807, 2.05) is 24.3 Å². The topological polar surface area (TPSA) is 78.6 Å². The monoisotopic (exact) mass is 455 g/mol. The summed E-state index contributed by atoms with van der Waals surface area (Å²) in [6, 6.07) is 8.03. The number of rotatable bonds is 16. The lowest BCUT2D eigenvalue weighted by Gasteiger charge is -2.02. The second-order valence-electron chi connectivity index (χ2n) is 7.81. The van der Waals surface area contributed by atoms with Crippen molar-refractivity contribution in [1.82, 2.24) is 4.98 Å². The van der Waals surface area contributed by atoms with Gasteiger partial charge in [0.15, 0.2) is 11.5 Å². The van der Waals surface area contributed by atoms with Crippen LogP contribution in [0, 0.1) is 0 Å². The first-order valence-corrected chi connectivity index (χ1v) is 13.1. The molecule has 6 nitrogen and oxygen atoms in total. The van der Waals surface area contributed by atoms with Crippen molar-refractivity contribution in [2.45, 2.75) is 96.8 Å². The van der Waals surface area contributed by atoms with E-state index in [1.54, 1.807) is 0 Å². The molecule has 0 spiro atoms. The van der Waals surface area contributed by atoms with Crippen molar-refractivity contribution in [3.63, 3.8) is 0 Å². The normalized spacial score (nSPS) is 11.5. The van der Waals surface area contributed by atoms with Crippen LogP contribution in [0.3, 0.4) is 0 Å². The van der Waals surface area contributed by atoms with E-state index >= 15 is 0 Å². The number of aryl methyl sites for hydroxylation is 1. The Hall–Kier alpha value is -1.44. The molecule has 178 valence electrons. The zero-order valence-electron chi connectivity index (χ0n) is 19.6. The van der Waals surface area contributed by atoms with E-state index in [0.29, 0.717) is 0 Å². The van der Waals surface area contributed by atoms with Gasteiger partial charge in [0.05, 0.1) is 14.2 Å². The largest absolute Gasteiger partial charge is 0.441 e. The average Bonchev–Trinajstić information content (AvgIpc) is 3.20. The third kappa shape index (κ3) is 13.6. The van der Waals surface area contributed by atoms with Gasteiger partial charge in [-0.2, -0.15) is 8.42 Å². The van der Waals surface area contributed by atoms with Gasteiger partial charge in [-0.15, -0.1) is 0 Å². The van der Waals surface area contributed by atoms with Crippen LogP contribution in [0.5, 0.6) is 0 Å². The fourth-order valence-electron chi connectivity index (χ4n) is 3.39. The number of oxazole rings is 1. The fourth-order valence-corrected chi connectivity index (χ4v) is 3.52. The maximum atomic E-state index is 9.92. The van der Waals surface area contributed by atoms with E-state index in [4.69, 9.17) is 4.42 Å². The maximum Gasteiger partial charge on any atom is 0.399 e. The van der Waals surface area contributed by atoms with E-state index in [1.165, 1.54) is 83.5 Å². The maximum absolute atomic E-state index is 9.92. The number of hydrogen-bond donors (Lipinski definition) is 0. The van der Waals surface area contributed by atoms with Crippen LogP contribution < -0.4 is 0 Å². The molecule has 0 aliphatic heterocycles. The van der Waals surface area contributed by atoms with E-state index < -0.39 is 10.4 Å². The molecule has 2 aromatic rings. The van der Waals surface area contributed by atoms with Gasteiger partial charge in [0.2, 0.25) is 0 Å². The van der Waals surface area contributed by atoms with Gasteiger partial charge < -0.3 is 4.42 Å². The van der Waals surface area contributed by atoms with Gasteiger partial charge in [-0.1, -0.05) is 96.1 Å². The molecule has 0 aliphatic carbocycles. The van der Waals surface area contributed by atoms with Crippen molar-refractivity contribution in [3.8, 4) is 0 Å². The molecule has 0 aliphatic rings. The second-order valence-corrected chi connectivity index (χ2v) is 9.29. The van der Waals surface area contributed by atoms with Crippen LogP contribution in [0.2, 0.25) is 0 Å². The summed E-state index contributed by atoms with van der Waals surface area (Å²) in [5.41, 5.74) is 1.91. The SMILES string of the molecule is CCCCCCCCCCCCCCCc1nc2ccccc2o1.COS(=O)(=O)OC. The molecule has 1 aromatic heterocycles. The minimum atomic E-state index is -3.66. The fraction of sp³-hybridized carbons (Fsp3) is 0.708. The predicted octanol–water partition coefficient (Wildman–Crippen LogP) is 6.99. The molecule has 0 fully saturated rings. The van der Waals surface area contributed by atoms with Gasteiger partial charge >= 0.3 is 10.4 Å². The van der Waals surface area contributed by atoms with Crippen molar-refractivity contribution in [2.24, 2.45) is 0 Å². The molecule has 0 atom stereocenters. The van der Waals surface area contributed by atoms with Gasteiger partial charge in [0.1, 0.15) is 5.52 Å². The minimum absolute atomic E-state index is 0.902. The molecular formula is C24H41NO5S. The van der Waals surface area contributed by atoms with Crippen LogP contribution >= 0.6 is 0 Å². The van der Waals surface area contributed by atoms with Crippen LogP contribution in [0.1, 0.15) is 96.3 Å². The van der Waals surface area contributed by atoms with Crippen molar-refractivity contribution in [1.29, 1.82) is 0 Å². The Morgan fingerprint density at radius 3 is 1.71 bits per heavy atom. The van der Waals surface area contributed by atoms with Gasteiger partial charge in [0.25, 0.3) is 0 Å². The van der Waals surface area contributed by atoms with Crippen LogP contribution in [-0.4, -0.2) is 27.6 Å². The average molecular weight is 456 g/mol. The molecular weight excluding hydrogens is 414 g/mol. The number of aromatic nitrogens is 1. The summed E-state index contributed by atoms with van der Waals surface area (Å²) in [5.74, 6) is 0.902. The zero-order chi connectivity index (χ0) is 22.8. The first-order valence-electron chi connectivity index (χ1n) is 11.7. The highest BCUT2D eigenvalue weighted by Crippen LogP contribution is 2.17. The molecule has 7 heteroatoms. The standard InChI is InChI=1S/C22H35NO.C2H6O4S/c1-2-3-4-5-6-7-8-9-10-11-12-13-14-19-22-23-20-17-15-16-18-21(20)24-22;1-5-7(3,4)6-2/h15-18H,2-14,19H2,1H3;1-2H3. The lowest BCUT2D eigenvalue weighted by molar-refractivity contribution is 0.286. The lowest BCUT2D eigenvalue weighted by Crippen LogP contribution is -2.02. The highest BCUT2D eigenvalue weighted by molar-refractivity contribution is 7.81. The second kappa shape index (κ2) is 17.2. The highest BCUT2D eigenvalue weighted by atomic mass is 32.3. The molecule has 0 amide bonds. The smallest absolute Gasteiger partial charge is 0.399 e. The van der Waals surface area contributed by atoms with Crippen LogP contribution in [0.25, 0.3) is 11.1 Å². The molecule has 0 N–H and O–H groups in total. The summed E-state index contributed by atoms with van der Waals surface area (Å²) in [6.07, 6.45) is 19.1. The molecule has 0 bridgehead atoms. The quantitative estimate of drug-likeness (QED) is 0.254. The summed E-state index contributed by atoms with van der Waals surface area (Å²) >= 11 is 0. The Morgan fingerprint density at radius 2 is 1.26 bits per heavy atom. The van der Waals surface area contributed by atoms with Crippen LogP contribution in [0.4, 0.5) is 0 Å². The summed E-state index contributed by atoms with van der Waals surface area (Å²) in [7, 11) is -1.60. The molecule has 2 rings (SSSR count). The van der Waals surface area contributed by atoms with E-state index in [-0.39, 0.29) is 0 Å². The Labute approximate surface area is 189 Å². The van der Waals surface area contributed by atoms with Gasteiger partial charge in [-0.25, -0.2) is 4.98 Å². The van der Waals surface area contributed by atoms with E-state index in [0.717, 1.165) is 37.6 Å². The summed E-state index contributed by atoms with van der Waals surface area (Å²) in [6.45, 7) is 2.28. The highest BCUT2D eigenvalue weighted by Gasteiger charge is 2.04. The molecule has 0 unspecified atom stereocenters. The Kier molecular flexibility index (Phi) is 15.3. The zero-order valence-corrected chi connectivity index (χ0v) is 20.4. The summed E-state index contributed by atoms with van der Waals surface area (Å²) in [5, 5.41) is 0. The van der Waals surface area contributed by atoms with Gasteiger partial charge in [-0.05, 0) is 18.6 Å². The number of fused-ring (bicyclic) bond motifs is 1. The third-order valence-electron chi connectivity index (χ3n) is 5.24. The molecule has 31 heavy (non-hydrogen) atoms. The summed E-state index contributed by atoms with van der Waals surface area (Å²) < 4.78 is 33.3. The first kappa shape index (κ1) is 27.6. The minimum Gasteiger partial charge on any atom is -0.441 e. The Morgan fingerprint density at radius 1 is 0.774 bits per heavy atom. The van der Waals surface area contributed by atoms with Crippen molar-refractivity contribution in [3.05, 3.63) is 30.2 Å². The van der Waals surface area contributed by atoms with Crippen molar-refractivity contribution in [2.75, 3.05) is 14.2 Å². The van der Waals surface area contributed by atoms with Crippen molar-refractivity contribution >= 4 is 21.5 Å². The van der Waals surface area contributed by atoms with Crippen molar-refractivity contribution < 1.29 is 21.2 Å². The first-order chi connectivity index (χ1) is 15.0. The number of unbranched alkanes of at least 4 members (excludes halogenated alkanes) is 12. The third-order valence-corrected chi connectivity index (χ3v) is 6.06. The number of para-hydroxylation sites is 2. The molecule has 0 saturated carbocycles. The molecule has 0 radical (unpaired) electrons. The molecule has 1 heterocycles. The number of nitrogens with zero attached hydrogens (tertiary/aromatic N) is 1.